The zero-order chi connectivity index (χ0) is 2.83. The van der Waals surface area contributed by atoms with Crippen LogP contribution in [0.2, 0.25) is 0 Å². The fourth-order valence-corrected chi connectivity index (χ4v) is 0.433. The summed E-state index contributed by atoms with van der Waals surface area (Å²) in [6.45, 7) is 0. The van der Waals surface area contributed by atoms with Crippen LogP contribution in [-0.4, -0.2) is 11.5 Å². The van der Waals surface area contributed by atoms with Crippen LogP contribution in [0.25, 0.3) is 0 Å². The van der Waals surface area contributed by atoms with E-state index >= 15 is 0 Å². The summed E-state index contributed by atoms with van der Waals surface area (Å²) in [5.74, 6) is 2.83. The average molecular weight is 90.2 g/mol. The van der Waals surface area contributed by atoms with Crippen molar-refractivity contribution in [2.45, 2.75) is 13.8 Å². The van der Waals surface area contributed by atoms with Gasteiger partial charge in [0.05, 0.1) is 0 Å². The molecule has 32 valence electrons. The number of hydrogen-bond acceptors (Lipinski definition) is 1. The molecular weight excluding hydrogens is 80.1 g/mol. The van der Waals surface area contributed by atoms with Crippen molar-refractivity contribution >= 4 is 11.8 Å². The standard InChI is InChI=1S/C3H6S.CH4/c1-2-4-3-1;/h1-3H2;1H4. The maximum absolute atomic E-state index is 2.04. The highest BCUT2D eigenvalue weighted by Crippen LogP contribution is 2.14. The molecule has 0 N–H and O–H groups in total. The van der Waals surface area contributed by atoms with Gasteiger partial charge in [-0.25, -0.2) is 0 Å². The summed E-state index contributed by atoms with van der Waals surface area (Å²) >= 11 is 2.04. The summed E-state index contributed by atoms with van der Waals surface area (Å²) in [6.07, 6.45) is 1.46. The summed E-state index contributed by atoms with van der Waals surface area (Å²) in [5, 5.41) is 0. The largest absolute Gasteiger partial charge is 0.162 e. The van der Waals surface area contributed by atoms with E-state index in [2.05, 4.69) is 0 Å². The lowest BCUT2D eigenvalue weighted by Crippen LogP contribution is -1.94. The Balaban J connectivity index is 0.000000160. The van der Waals surface area contributed by atoms with E-state index in [1.807, 2.05) is 11.8 Å². The molecule has 0 spiro atoms. The lowest BCUT2D eigenvalue weighted by Gasteiger charge is -2.05. The zero-order valence-corrected chi connectivity index (χ0v) is 3.35. The zero-order valence-electron chi connectivity index (χ0n) is 2.53. The van der Waals surface area contributed by atoms with Crippen molar-refractivity contribution in [3.05, 3.63) is 0 Å². The molecule has 0 nitrogen and oxygen atoms in total. The molecule has 1 heteroatoms. The molecular formula is C4H10S. The van der Waals surface area contributed by atoms with Gasteiger partial charge in [0, 0.05) is 0 Å². The van der Waals surface area contributed by atoms with Gasteiger partial charge < -0.3 is 0 Å². The minimum atomic E-state index is 0. The van der Waals surface area contributed by atoms with E-state index in [0.717, 1.165) is 0 Å². The second-order valence-electron chi connectivity index (χ2n) is 0.966. The highest BCUT2D eigenvalue weighted by Gasteiger charge is 1.95. The van der Waals surface area contributed by atoms with Crippen LogP contribution >= 0.6 is 11.8 Å². The fourth-order valence-electron chi connectivity index (χ4n) is 0.144. The van der Waals surface area contributed by atoms with Gasteiger partial charge in [0.25, 0.3) is 0 Å². The van der Waals surface area contributed by atoms with Gasteiger partial charge in [0.1, 0.15) is 0 Å². The molecule has 0 unspecified atom stereocenters. The molecule has 0 saturated carbocycles. The van der Waals surface area contributed by atoms with Crippen LogP contribution in [0.4, 0.5) is 0 Å². The third kappa shape index (κ3) is 1.27. The second-order valence-corrected chi connectivity index (χ2v) is 2.19. The first-order valence-electron chi connectivity index (χ1n) is 1.58. The van der Waals surface area contributed by atoms with Crippen molar-refractivity contribution in [3.63, 3.8) is 0 Å². The molecule has 1 aliphatic heterocycles. The van der Waals surface area contributed by atoms with Crippen LogP contribution in [0.3, 0.4) is 0 Å². The second kappa shape index (κ2) is 2.58. The molecule has 0 aromatic rings. The van der Waals surface area contributed by atoms with Crippen LogP contribution in [0.1, 0.15) is 13.8 Å². The van der Waals surface area contributed by atoms with Crippen molar-refractivity contribution < 1.29 is 0 Å². The Morgan fingerprint density at radius 2 is 1.40 bits per heavy atom. The third-order valence-corrected chi connectivity index (χ3v) is 1.73. The summed E-state index contributed by atoms with van der Waals surface area (Å²) in [5.41, 5.74) is 0. The Kier molecular flexibility index (Phi) is 2.76. The third-order valence-electron chi connectivity index (χ3n) is 0.577. The molecule has 1 rings (SSSR count). The Morgan fingerprint density at radius 1 is 1.20 bits per heavy atom. The highest BCUT2D eigenvalue weighted by molar-refractivity contribution is 8.00. The Labute approximate surface area is 38.0 Å². The highest BCUT2D eigenvalue weighted by atomic mass is 32.2. The predicted molar refractivity (Wildman–Crippen MR) is 28.7 cm³/mol. The maximum atomic E-state index is 2.04. The monoisotopic (exact) mass is 90.1 g/mol. The van der Waals surface area contributed by atoms with E-state index in [0.29, 0.717) is 0 Å². The molecule has 0 aromatic carbocycles. The topological polar surface area (TPSA) is 0 Å². The van der Waals surface area contributed by atoms with E-state index in [9.17, 15) is 0 Å². The minimum absolute atomic E-state index is 0. The summed E-state index contributed by atoms with van der Waals surface area (Å²) in [7, 11) is 0. The van der Waals surface area contributed by atoms with E-state index in [4.69, 9.17) is 0 Å². The molecule has 1 saturated heterocycles. The van der Waals surface area contributed by atoms with Gasteiger partial charge in [0.15, 0.2) is 0 Å². The minimum Gasteiger partial charge on any atom is -0.162 e. The van der Waals surface area contributed by atoms with Crippen LogP contribution in [0.5, 0.6) is 0 Å². The Bertz CT molecular complexity index is 11.6. The van der Waals surface area contributed by atoms with Gasteiger partial charge in [0.2, 0.25) is 0 Å². The molecule has 0 aromatic heterocycles. The fraction of sp³-hybridized carbons (Fsp3) is 1.00. The first-order valence-corrected chi connectivity index (χ1v) is 2.73. The maximum Gasteiger partial charge on any atom is -0.00597 e. The van der Waals surface area contributed by atoms with Crippen molar-refractivity contribution in [2.75, 3.05) is 11.5 Å². The number of hydrogen-bond donors (Lipinski definition) is 0. The van der Waals surface area contributed by atoms with Crippen molar-refractivity contribution in [1.82, 2.24) is 0 Å². The van der Waals surface area contributed by atoms with Crippen molar-refractivity contribution in [2.24, 2.45) is 0 Å². The molecule has 0 amide bonds. The summed E-state index contributed by atoms with van der Waals surface area (Å²) in [6, 6.07) is 0. The lowest BCUT2D eigenvalue weighted by atomic mass is 10.6. The molecule has 0 bridgehead atoms. The molecule has 1 aliphatic rings. The number of thioether (sulfide) groups is 1. The summed E-state index contributed by atoms with van der Waals surface area (Å²) in [4.78, 5) is 0. The van der Waals surface area contributed by atoms with Gasteiger partial charge in [-0.15, -0.1) is 0 Å². The SMILES string of the molecule is C.C1CSC1. The first kappa shape index (κ1) is 5.35. The van der Waals surface area contributed by atoms with E-state index in [1.165, 1.54) is 17.9 Å². The smallest absolute Gasteiger partial charge is 0.00597 e. The average Bonchev–Trinajstić information content (AvgIpc) is 0.722. The molecule has 1 heterocycles. The Hall–Kier alpha value is 0.350. The molecule has 1 fully saturated rings. The van der Waals surface area contributed by atoms with Gasteiger partial charge >= 0.3 is 0 Å². The van der Waals surface area contributed by atoms with Gasteiger partial charge in [-0.2, -0.15) is 11.8 Å². The van der Waals surface area contributed by atoms with Crippen LogP contribution in [0.15, 0.2) is 0 Å². The molecule has 0 radical (unpaired) electrons. The van der Waals surface area contributed by atoms with E-state index < -0.39 is 0 Å². The van der Waals surface area contributed by atoms with E-state index in [1.54, 1.807) is 0 Å². The molecule has 0 aliphatic carbocycles. The molecule has 0 atom stereocenters. The predicted octanol–water partition coefficient (Wildman–Crippen LogP) is 1.76. The van der Waals surface area contributed by atoms with E-state index in [-0.39, 0.29) is 7.43 Å². The van der Waals surface area contributed by atoms with Gasteiger partial charge in [-0.3, -0.25) is 0 Å². The quantitative estimate of drug-likeness (QED) is 0.436. The van der Waals surface area contributed by atoms with Gasteiger partial charge in [-0.05, 0) is 17.9 Å². The Morgan fingerprint density at radius 3 is 1.40 bits per heavy atom. The normalized spacial score (nSPS) is 19.2. The molecule has 5 heavy (non-hydrogen) atoms. The summed E-state index contributed by atoms with van der Waals surface area (Å²) < 4.78 is 0. The first-order chi connectivity index (χ1) is 2.00. The van der Waals surface area contributed by atoms with Crippen LogP contribution < -0.4 is 0 Å². The lowest BCUT2D eigenvalue weighted by molar-refractivity contribution is 1.06. The number of rotatable bonds is 0. The van der Waals surface area contributed by atoms with Crippen LogP contribution in [0, 0.1) is 0 Å². The van der Waals surface area contributed by atoms with Crippen molar-refractivity contribution in [3.8, 4) is 0 Å². The van der Waals surface area contributed by atoms with Crippen molar-refractivity contribution in [1.29, 1.82) is 0 Å². The van der Waals surface area contributed by atoms with Gasteiger partial charge in [-0.1, -0.05) is 7.43 Å². The van der Waals surface area contributed by atoms with Crippen LogP contribution in [-0.2, 0) is 0 Å².